The number of rotatable bonds is 5. The fraction of sp³-hybridized carbons (Fsp3) is 0.100. The Labute approximate surface area is 175 Å². The van der Waals surface area contributed by atoms with E-state index in [1.54, 1.807) is 12.3 Å². The van der Waals surface area contributed by atoms with Crippen LogP contribution in [0.2, 0.25) is 5.02 Å². The predicted molar refractivity (Wildman–Crippen MR) is 118 cm³/mol. The van der Waals surface area contributed by atoms with Gasteiger partial charge in [0, 0.05) is 26.2 Å². The van der Waals surface area contributed by atoms with Crippen molar-refractivity contribution in [3.05, 3.63) is 79.6 Å². The van der Waals surface area contributed by atoms with Crippen LogP contribution in [0.15, 0.2) is 53.6 Å². The van der Waals surface area contributed by atoms with Crippen molar-refractivity contribution in [1.82, 2.24) is 4.57 Å². The molecule has 2 N–H and O–H groups in total. The Morgan fingerprint density at radius 2 is 1.89 bits per heavy atom. The number of halogens is 2. The van der Waals surface area contributed by atoms with Gasteiger partial charge in [-0.3, -0.25) is 5.43 Å². The summed E-state index contributed by atoms with van der Waals surface area (Å²) in [6.07, 6.45) is 1.72. The molecule has 138 valence electrons. The molecule has 0 amide bonds. The summed E-state index contributed by atoms with van der Waals surface area (Å²) < 4.78 is 3.36. The van der Waals surface area contributed by atoms with Crippen LogP contribution >= 0.6 is 34.2 Å². The van der Waals surface area contributed by atoms with Crippen molar-refractivity contribution in [2.45, 2.75) is 13.8 Å². The molecule has 7 heteroatoms. The second-order valence-electron chi connectivity index (χ2n) is 6.01. The molecule has 3 rings (SSSR count). The van der Waals surface area contributed by atoms with E-state index in [0.717, 1.165) is 22.6 Å². The molecule has 0 fully saturated rings. The first-order chi connectivity index (χ1) is 12.9. The van der Waals surface area contributed by atoms with Gasteiger partial charge in [-0.1, -0.05) is 11.6 Å². The molecule has 1 aromatic heterocycles. The Kier molecular flexibility index (Phi) is 5.86. The minimum atomic E-state index is -1.08. The standard InChI is InChI=1S/C20H17ClIN3O2/c1-12-9-14(13(2)25(12)17-6-3-15(22)4-7-17)11-23-24-16-5-8-19(21)18(10-16)20(26)27/h3-11,24H,1-2H3,(H,26,27)/b23-11-. The highest BCUT2D eigenvalue weighted by Crippen LogP contribution is 2.22. The molecule has 0 spiro atoms. The third kappa shape index (κ3) is 4.33. The van der Waals surface area contributed by atoms with E-state index >= 15 is 0 Å². The van der Waals surface area contributed by atoms with E-state index in [4.69, 9.17) is 16.7 Å². The largest absolute Gasteiger partial charge is 0.478 e. The Hall–Kier alpha value is -2.32. The number of carboxylic acid groups (broad SMARTS) is 1. The lowest BCUT2D eigenvalue weighted by Gasteiger charge is -2.09. The van der Waals surface area contributed by atoms with Gasteiger partial charge in [0.05, 0.1) is 22.5 Å². The molecule has 2 aromatic carbocycles. The topological polar surface area (TPSA) is 66.6 Å². The lowest BCUT2D eigenvalue weighted by atomic mass is 10.2. The van der Waals surface area contributed by atoms with Crippen LogP contribution in [0.1, 0.15) is 27.3 Å². The first-order valence-corrected chi connectivity index (χ1v) is 9.59. The number of hydrogen-bond donors (Lipinski definition) is 2. The molecule has 0 saturated heterocycles. The molecule has 0 aliphatic heterocycles. The monoisotopic (exact) mass is 493 g/mol. The van der Waals surface area contributed by atoms with E-state index in [1.807, 2.05) is 13.8 Å². The van der Waals surface area contributed by atoms with Gasteiger partial charge in [0.15, 0.2) is 0 Å². The van der Waals surface area contributed by atoms with Crippen molar-refractivity contribution < 1.29 is 9.90 Å². The van der Waals surface area contributed by atoms with Crippen LogP contribution in [0.3, 0.4) is 0 Å². The van der Waals surface area contributed by atoms with Crippen LogP contribution in [0, 0.1) is 17.4 Å². The zero-order valence-corrected chi connectivity index (χ0v) is 17.6. The van der Waals surface area contributed by atoms with Gasteiger partial charge in [0.25, 0.3) is 0 Å². The molecule has 3 aromatic rings. The van der Waals surface area contributed by atoms with Crippen LogP contribution in [0.4, 0.5) is 5.69 Å². The van der Waals surface area contributed by atoms with E-state index in [0.29, 0.717) is 5.69 Å². The van der Waals surface area contributed by atoms with Crippen molar-refractivity contribution >= 4 is 52.1 Å². The van der Waals surface area contributed by atoms with Gasteiger partial charge in [0.2, 0.25) is 0 Å². The Morgan fingerprint density at radius 1 is 1.19 bits per heavy atom. The zero-order valence-electron chi connectivity index (χ0n) is 14.7. The smallest absolute Gasteiger partial charge is 0.337 e. The summed E-state index contributed by atoms with van der Waals surface area (Å²) in [4.78, 5) is 11.2. The number of benzene rings is 2. The molecule has 0 atom stereocenters. The number of nitrogens with one attached hydrogen (secondary N) is 1. The average molecular weight is 494 g/mol. The molecule has 27 heavy (non-hydrogen) atoms. The highest BCUT2D eigenvalue weighted by atomic mass is 127. The van der Waals surface area contributed by atoms with Crippen LogP contribution in [0.25, 0.3) is 5.69 Å². The summed E-state index contributed by atoms with van der Waals surface area (Å²) in [6, 6.07) is 15.0. The maximum Gasteiger partial charge on any atom is 0.337 e. The van der Waals surface area contributed by atoms with Crippen LogP contribution in [-0.4, -0.2) is 21.9 Å². The minimum Gasteiger partial charge on any atom is -0.478 e. The van der Waals surface area contributed by atoms with E-state index in [9.17, 15) is 4.79 Å². The van der Waals surface area contributed by atoms with Gasteiger partial charge >= 0.3 is 5.97 Å². The lowest BCUT2D eigenvalue weighted by molar-refractivity contribution is 0.0697. The van der Waals surface area contributed by atoms with Crippen LogP contribution in [0.5, 0.6) is 0 Å². The van der Waals surface area contributed by atoms with Gasteiger partial charge in [-0.05, 0) is 85.0 Å². The molecular formula is C20H17ClIN3O2. The lowest BCUT2D eigenvalue weighted by Crippen LogP contribution is -2.00. The fourth-order valence-electron chi connectivity index (χ4n) is 2.84. The van der Waals surface area contributed by atoms with Gasteiger partial charge in [0.1, 0.15) is 0 Å². The summed E-state index contributed by atoms with van der Waals surface area (Å²) in [7, 11) is 0. The number of aromatic nitrogens is 1. The van der Waals surface area contributed by atoms with Gasteiger partial charge in [-0.25, -0.2) is 4.79 Å². The number of carboxylic acids is 1. The molecule has 0 aliphatic rings. The average Bonchev–Trinajstić information content (AvgIpc) is 2.91. The number of hydrogen-bond acceptors (Lipinski definition) is 3. The summed E-state index contributed by atoms with van der Waals surface area (Å²) in [5.74, 6) is -1.08. The molecule has 0 bridgehead atoms. The van der Waals surface area contributed by atoms with E-state index in [1.165, 1.54) is 15.7 Å². The predicted octanol–water partition coefficient (Wildman–Crippen LogP) is 5.50. The third-order valence-electron chi connectivity index (χ3n) is 4.15. The van der Waals surface area contributed by atoms with E-state index in [-0.39, 0.29) is 10.6 Å². The number of carbonyl (C=O) groups is 1. The SMILES string of the molecule is Cc1cc(/C=N\Nc2ccc(Cl)c(C(=O)O)c2)c(C)n1-c1ccc(I)cc1. The molecule has 0 saturated carbocycles. The van der Waals surface area contributed by atoms with Crippen LogP contribution in [-0.2, 0) is 0 Å². The van der Waals surface area contributed by atoms with E-state index < -0.39 is 5.97 Å². The summed E-state index contributed by atoms with van der Waals surface area (Å²) in [5.41, 5.74) is 7.70. The zero-order chi connectivity index (χ0) is 19.6. The maximum absolute atomic E-state index is 11.2. The van der Waals surface area contributed by atoms with Gasteiger partial charge < -0.3 is 9.67 Å². The van der Waals surface area contributed by atoms with Crippen molar-refractivity contribution in [3.8, 4) is 5.69 Å². The third-order valence-corrected chi connectivity index (χ3v) is 5.20. The number of hydrazone groups is 1. The Balaban J connectivity index is 1.82. The van der Waals surface area contributed by atoms with E-state index in [2.05, 4.69) is 68.0 Å². The molecular weight excluding hydrogens is 477 g/mol. The first-order valence-electron chi connectivity index (χ1n) is 8.13. The van der Waals surface area contributed by atoms with Crippen molar-refractivity contribution in [1.29, 1.82) is 0 Å². The van der Waals surface area contributed by atoms with Crippen molar-refractivity contribution in [2.24, 2.45) is 5.10 Å². The van der Waals surface area contributed by atoms with Crippen molar-refractivity contribution in [3.63, 3.8) is 0 Å². The number of anilines is 1. The Bertz CT molecular complexity index is 1030. The fourth-order valence-corrected chi connectivity index (χ4v) is 3.40. The quantitative estimate of drug-likeness (QED) is 0.280. The molecule has 0 aliphatic carbocycles. The molecule has 0 radical (unpaired) electrons. The number of aromatic carboxylic acids is 1. The molecule has 0 unspecified atom stereocenters. The van der Waals surface area contributed by atoms with Gasteiger partial charge in [-0.2, -0.15) is 5.10 Å². The molecule has 5 nitrogen and oxygen atoms in total. The minimum absolute atomic E-state index is 0.0359. The number of aryl methyl sites for hydroxylation is 1. The first kappa shape index (κ1) is 19.4. The summed E-state index contributed by atoms with van der Waals surface area (Å²) in [6.45, 7) is 4.09. The highest BCUT2D eigenvalue weighted by Gasteiger charge is 2.10. The van der Waals surface area contributed by atoms with Crippen molar-refractivity contribution in [2.75, 3.05) is 5.43 Å². The highest BCUT2D eigenvalue weighted by molar-refractivity contribution is 14.1. The van der Waals surface area contributed by atoms with Gasteiger partial charge in [-0.15, -0.1) is 0 Å². The van der Waals surface area contributed by atoms with Crippen LogP contribution < -0.4 is 5.43 Å². The second kappa shape index (κ2) is 8.14. The summed E-state index contributed by atoms with van der Waals surface area (Å²) >= 11 is 8.17. The number of nitrogens with zero attached hydrogens (tertiary/aromatic N) is 2. The second-order valence-corrected chi connectivity index (χ2v) is 7.66. The molecule has 1 heterocycles. The maximum atomic E-state index is 11.2. The summed E-state index contributed by atoms with van der Waals surface area (Å²) in [5, 5.41) is 13.6. The normalized spacial score (nSPS) is 11.1. The Morgan fingerprint density at radius 3 is 2.56 bits per heavy atom.